The van der Waals surface area contributed by atoms with Crippen molar-refractivity contribution in [1.29, 1.82) is 0 Å². The van der Waals surface area contributed by atoms with Crippen molar-refractivity contribution >= 4 is 28.8 Å². The smallest absolute Gasteiger partial charge is 0.321 e. The number of para-hydroxylation sites is 1. The molecule has 2 N–H and O–H groups in total. The first-order valence-electron chi connectivity index (χ1n) is 8.00. The van der Waals surface area contributed by atoms with Crippen LogP contribution in [0.1, 0.15) is 19.2 Å². The number of carbonyl (C=O) groups is 3. The molecule has 0 unspecified atom stereocenters. The van der Waals surface area contributed by atoms with Crippen LogP contribution >= 0.6 is 0 Å². The van der Waals surface area contributed by atoms with Gasteiger partial charge in [-0.25, -0.2) is 9.78 Å². The molecule has 9 nitrogen and oxygen atoms in total. The number of ether oxygens (including phenoxy) is 1. The Kier molecular flexibility index (Phi) is 6.05. The minimum Gasteiger partial charge on any atom is -0.453 e. The van der Waals surface area contributed by atoms with E-state index in [1.165, 1.54) is 18.5 Å². The van der Waals surface area contributed by atoms with Gasteiger partial charge in [-0.1, -0.05) is 12.1 Å². The number of urea groups is 1. The number of aromatic nitrogens is 2. The molecule has 138 valence electrons. The Labute approximate surface area is 149 Å². The summed E-state index contributed by atoms with van der Waals surface area (Å²) >= 11 is 0. The van der Waals surface area contributed by atoms with Crippen molar-refractivity contribution in [2.75, 3.05) is 7.05 Å². The van der Waals surface area contributed by atoms with Gasteiger partial charge in [0.2, 0.25) is 0 Å². The lowest BCUT2D eigenvalue weighted by atomic mass is 10.2. The third kappa shape index (κ3) is 4.44. The summed E-state index contributed by atoms with van der Waals surface area (Å²) in [4.78, 5) is 51.4. The molecule has 9 heteroatoms. The zero-order valence-corrected chi connectivity index (χ0v) is 14.7. The van der Waals surface area contributed by atoms with Crippen LogP contribution < -0.4 is 16.2 Å². The normalized spacial score (nSPS) is 11.7. The Morgan fingerprint density at radius 3 is 2.65 bits per heavy atom. The van der Waals surface area contributed by atoms with Gasteiger partial charge in [-0.3, -0.25) is 24.3 Å². The molecular weight excluding hydrogens is 340 g/mol. The molecule has 0 fully saturated rings. The average Bonchev–Trinajstić information content (AvgIpc) is 2.63. The SMILES string of the molecule is CNC(=O)NC(=O)[C@H](C)OC(=O)CCc1nc2ccccc2c(=O)n1C. The second kappa shape index (κ2) is 8.24. The lowest BCUT2D eigenvalue weighted by Crippen LogP contribution is -2.43. The van der Waals surface area contributed by atoms with E-state index >= 15 is 0 Å². The number of aryl methyl sites for hydroxylation is 1. The van der Waals surface area contributed by atoms with E-state index in [1.54, 1.807) is 31.3 Å². The van der Waals surface area contributed by atoms with E-state index in [4.69, 9.17) is 4.74 Å². The highest BCUT2D eigenvalue weighted by atomic mass is 16.5. The molecule has 1 heterocycles. The zero-order valence-electron chi connectivity index (χ0n) is 14.7. The Morgan fingerprint density at radius 2 is 1.96 bits per heavy atom. The van der Waals surface area contributed by atoms with Crippen molar-refractivity contribution in [3.63, 3.8) is 0 Å². The Morgan fingerprint density at radius 1 is 1.27 bits per heavy atom. The predicted octanol–water partition coefficient (Wildman–Crippen LogP) is 0.253. The van der Waals surface area contributed by atoms with Gasteiger partial charge < -0.3 is 10.1 Å². The van der Waals surface area contributed by atoms with Crippen LogP contribution in [0.5, 0.6) is 0 Å². The van der Waals surface area contributed by atoms with Crippen molar-refractivity contribution in [1.82, 2.24) is 20.2 Å². The van der Waals surface area contributed by atoms with Crippen LogP contribution in [0.3, 0.4) is 0 Å². The van der Waals surface area contributed by atoms with Crippen LogP contribution in [0.15, 0.2) is 29.1 Å². The minimum atomic E-state index is -1.12. The van der Waals surface area contributed by atoms with Crippen LogP contribution in [-0.2, 0) is 27.8 Å². The second-order valence-corrected chi connectivity index (χ2v) is 5.61. The summed E-state index contributed by atoms with van der Waals surface area (Å²) in [7, 11) is 2.95. The van der Waals surface area contributed by atoms with Crippen LogP contribution in [0.2, 0.25) is 0 Å². The maximum Gasteiger partial charge on any atom is 0.321 e. The standard InChI is InChI=1S/C17H20N4O5/c1-10(15(23)20-17(25)18-2)26-14(22)9-8-13-19-12-7-5-4-6-11(12)16(24)21(13)3/h4-7,10H,8-9H2,1-3H3,(H2,18,20,23,25)/t10-/m0/s1. The van der Waals surface area contributed by atoms with E-state index in [-0.39, 0.29) is 18.4 Å². The fourth-order valence-electron chi connectivity index (χ4n) is 2.29. The number of esters is 1. The largest absolute Gasteiger partial charge is 0.453 e. The summed E-state index contributed by atoms with van der Waals surface area (Å²) in [6.07, 6.45) is -0.997. The first-order valence-corrected chi connectivity index (χ1v) is 8.00. The van der Waals surface area contributed by atoms with Gasteiger partial charge in [0, 0.05) is 20.5 Å². The molecule has 0 radical (unpaired) electrons. The first-order chi connectivity index (χ1) is 12.3. The molecule has 1 aromatic carbocycles. The molecular formula is C17H20N4O5. The molecule has 3 amide bonds. The van der Waals surface area contributed by atoms with E-state index < -0.39 is 24.0 Å². The van der Waals surface area contributed by atoms with Crippen molar-refractivity contribution in [3.05, 3.63) is 40.4 Å². The van der Waals surface area contributed by atoms with E-state index in [0.717, 1.165) is 0 Å². The molecule has 0 aliphatic carbocycles. The Hall–Kier alpha value is -3.23. The molecule has 2 rings (SSSR count). The van der Waals surface area contributed by atoms with Crippen LogP contribution in [0.4, 0.5) is 4.79 Å². The lowest BCUT2D eigenvalue weighted by Gasteiger charge is -2.13. The third-order valence-corrected chi connectivity index (χ3v) is 3.77. The van der Waals surface area contributed by atoms with Crippen molar-refractivity contribution in [2.24, 2.45) is 7.05 Å². The maximum atomic E-state index is 12.3. The number of carbonyl (C=O) groups excluding carboxylic acids is 3. The van der Waals surface area contributed by atoms with Gasteiger partial charge in [0.25, 0.3) is 11.5 Å². The van der Waals surface area contributed by atoms with Gasteiger partial charge >= 0.3 is 12.0 Å². The van der Waals surface area contributed by atoms with E-state index in [9.17, 15) is 19.2 Å². The molecule has 0 spiro atoms. The summed E-state index contributed by atoms with van der Waals surface area (Å²) < 4.78 is 6.38. The molecule has 26 heavy (non-hydrogen) atoms. The van der Waals surface area contributed by atoms with Crippen LogP contribution in [-0.4, -0.2) is 40.6 Å². The van der Waals surface area contributed by atoms with E-state index in [0.29, 0.717) is 16.7 Å². The van der Waals surface area contributed by atoms with Crippen molar-refractivity contribution < 1.29 is 19.1 Å². The summed E-state index contributed by atoms with van der Waals surface area (Å²) in [5.74, 6) is -0.922. The highest BCUT2D eigenvalue weighted by Crippen LogP contribution is 2.09. The summed E-state index contributed by atoms with van der Waals surface area (Å²) in [5.41, 5.74) is 0.356. The lowest BCUT2D eigenvalue weighted by molar-refractivity contribution is -0.154. The molecule has 0 saturated carbocycles. The number of benzene rings is 1. The number of hydrogen-bond donors (Lipinski definition) is 2. The van der Waals surface area contributed by atoms with Gasteiger partial charge in [-0.15, -0.1) is 0 Å². The quantitative estimate of drug-likeness (QED) is 0.738. The number of nitrogens with zero attached hydrogens (tertiary/aromatic N) is 2. The zero-order chi connectivity index (χ0) is 19.3. The number of amides is 3. The van der Waals surface area contributed by atoms with Gasteiger partial charge in [0.15, 0.2) is 6.10 Å². The molecule has 1 aromatic heterocycles. The number of rotatable bonds is 5. The molecule has 0 saturated heterocycles. The number of fused-ring (bicyclic) bond motifs is 1. The third-order valence-electron chi connectivity index (χ3n) is 3.77. The second-order valence-electron chi connectivity index (χ2n) is 5.61. The number of imide groups is 1. The first kappa shape index (κ1) is 19.1. The molecule has 2 aromatic rings. The van der Waals surface area contributed by atoms with Crippen LogP contribution in [0, 0.1) is 0 Å². The van der Waals surface area contributed by atoms with E-state index in [2.05, 4.69) is 10.3 Å². The number of hydrogen-bond acceptors (Lipinski definition) is 6. The summed E-state index contributed by atoms with van der Waals surface area (Å²) in [5, 5.41) is 4.75. The van der Waals surface area contributed by atoms with Crippen molar-refractivity contribution in [3.8, 4) is 0 Å². The maximum absolute atomic E-state index is 12.3. The fraction of sp³-hybridized carbons (Fsp3) is 0.353. The number of nitrogens with one attached hydrogen (secondary N) is 2. The predicted molar refractivity (Wildman–Crippen MR) is 93.5 cm³/mol. The Bertz CT molecular complexity index is 906. The molecule has 0 bridgehead atoms. The van der Waals surface area contributed by atoms with Crippen LogP contribution in [0.25, 0.3) is 10.9 Å². The fourth-order valence-corrected chi connectivity index (χ4v) is 2.29. The van der Waals surface area contributed by atoms with E-state index in [1.807, 2.05) is 5.32 Å². The van der Waals surface area contributed by atoms with Gasteiger partial charge in [-0.2, -0.15) is 0 Å². The average molecular weight is 360 g/mol. The highest BCUT2D eigenvalue weighted by molar-refractivity contribution is 5.97. The van der Waals surface area contributed by atoms with Crippen molar-refractivity contribution in [2.45, 2.75) is 25.9 Å². The topological polar surface area (TPSA) is 119 Å². The summed E-state index contributed by atoms with van der Waals surface area (Å²) in [6.45, 7) is 1.36. The molecule has 1 atom stereocenters. The minimum absolute atomic E-state index is 0.0593. The highest BCUT2D eigenvalue weighted by Gasteiger charge is 2.20. The monoisotopic (exact) mass is 360 g/mol. The van der Waals surface area contributed by atoms with Gasteiger partial charge in [0.05, 0.1) is 17.3 Å². The Balaban J connectivity index is 2.00. The molecule has 0 aliphatic rings. The van der Waals surface area contributed by atoms with Gasteiger partial charge in [-0.05, 0) is 19.1 Å². The molecule has 0 aliphatic heterocycles. The summed E-state index contributed by atoms with van der Waals surface area (Å²) in [6, 6.07) is 6.26. The van der Waals surface area contributed by atoms with Gasteiger partial charge in [0.1, 0.15) is 5.82 Å².